The van der Waals surface area contributed by atoms with Crippen LogP contribution in [0.1, 0.15) is 54.7 Å². The zero-order valence-corrected chi connectivity index (χ0v) is 11.6. The number of aryl methyl sites for hydroxylation is 1. The highest BCUT2D eigenvalue weighted by molar-refractivity contribution is 5.96. The topological polar surface area (TPSA) is 92.2 Å². The van der Waals surface area contributed by atoms with E-state index in [1.54, 1.807) is 6.92 Å². The number of nitrogens with zero attached hydrogens (tertiary/aromatic N) is 2. The average Bonchev–Trinajstić information content (AvgIpc) is 2.66. The highest BCUT2D eigenvalue weighted by atomic mass is 16.4. The molecule has 20 heavy (non-hydrogen) atoms. The summed E-state index contributed by atoms with van der Waals surface area (Å²) in [5.41, 5.74) is -0.301. The van der Waals surface area contributed by atoms with E-state index in [9.17, 15) is 14.7 Å². The van der Waals surface area contributed by atoms with E-state index in [1.165, 1.54) is 12.4 Å². The number of amides is 1. The fourth-order valence-corrected chi connectivity index (χ4v) is 2.52. The first-order chi connectivity index (χ1) is 9.53. The lowest BCUT2D eigenvalue weighted by atomic mass is 9.90. The first-order valence-corrected chi connectivity index (χ1v) is 6.88. The smallest absolute Gasteiger partial charge is 0.329 e. The molecule has 0 atom stereocenters. The van der Waals surface area contributed by atoms with E-state index in [0.717, 1.165) is 25.7 Å². The van der Waals surface area contributed by atoms with E-state index in [1.807, 2.05) is 0 Å². The highest BCUT2D eigenvalue weighted by Gasteiger charge is 2.40. The second kappa shape index (κ2) is 5.98. The van der Waals surface area contributed by atoms with Gasteiger partial charge in [0.25, 0.3) is 5.91 Å². The van der Waals surface area contributed by atoms with Crippen LogP contribution >= 0.6 is 0 Å². The zero-order valence-electron chi connectivity index (χ0n) is 11.6. The fraction of sp³-hybridized carbons (Fsp3) is 0.571. The minimum absolute atomic E-state index is 0.153. The molecule has 0 unspecified atom stereocenters. The van der Waals surface area contributed by atoms with E-state index < -0.39 is 17.4 Å². The van der Waals surface area contributed by atoms with Crippen molar-refractivity contribution in [3.05, 3.63) is 23.8 Å². The van der Waals surface area contributed by atoms with Gasteiger partial charge in [-0.2, -0.15) is 0 Å². The van der Waals surface area contributed by atoms with Crippen molar-refractivity contribution in [1.82, 2.24) is 15.3 Å². The third-order valence-corrected chi connectivity index (χ3v) is 3.73. The molecule has 0 radical (unpaired) electrons. The molecule has 2 N–H and O–H groups in total. The van der Waals surface area contributed by atoms with Crippen molar-refractivity contribution in [2.75, 3.05) is 0 Å². The maximum absolute atomic E-state index is 12.2. The molecule has 1 heterocycles. The lowest BCUT2D eigenvalue weighted by molar-refractivity contribution is -0.145. The average molecular weight is 277 g/mol. The zero-order chi connectivity index (χ0) is 14.6. The predicted molar refractivity (Wildman–Crippen MR) is 72.3 cm³/mol. The molecular formula is C14H19N3O3. The maximum Gasteiger partial charge on any atom is 0.329 e. The Hall–Kier alpha value is -1.98. The predicted octanol–water partition coefficient (Wildman–Crippen LogP) is 1.69. The number of aliphatic carboxylic acids is 1. The molecule has 1 aromatic heterocycles. The fourth-order valence-electron chi connectivity index (χ4n) is 2.52. The number of hydrogen-bond donors (Lipinski definition) is 2. The van der Waals surface area contributed by atoms with Gasteiger partial charge in [-0.25, -0.2) is 9.78 Å². The summed E-state index contributed by atoms with van der Waals surface area (Å²) in [4.78, 5) is 31.8. The van der Waals surface area contributed by atoms with Crippen molar-refractivity contribution in [1.29, 1.82) is 0 Å². The molecule has 1 aliphatic carbocycles. The Bertz CT molecular complexity index is 491. The third kappa shape index (κ3) is 3.12. The molecule has 1 aromatic rings. The molecule has 0 aliphatic heterocycles. The summed E-state index contributed by atoms with van der Waals surface area (Å²) < 4.78 is 0. The Morgan fingerprint density at radius 2 is 1.80 bits per heavy atom. The molecule has 1 saturated carbocycles. The SMILES string of the molecule is Cc1cnc(C(=O)NC2(C(=O)O)CCCCCC2)cn1. The van der Waals surface area contributed by atoms with Crippen LogP contribution in [-0.4, -0.2) is 32.5 Å². The Morgan fingerprint density at radius 3 is 2.30 bits per heavy atom. The summed E-state index contributed by atoms with van der Waals surface area (Å²) in [5, 5.41) is 12.2. The molecule has 0 spiro atoms. The molecule has 108 valence electrons. The van der Waals surface area contributed by atoms with Crippen LogP contribution in [0.4, 0.5) is 0 Å². The number of carbonyl (C=O) groups excluding carboxylic acids is 1. The second-order valence-electron chi connectivity index (χ2n) is 5.30. The quantitative estimate of drug-likeness (QED) is 0.820. The van der Waals surface area contributed by atoms with Crippen LogP contribution in [0.5, 0.6) is 0 Å². The van der Waals surface area contributed by atoms with Gasteiger partial charge in [-0.15, -0.1) is 0 Å². The summed E-state index contributed by atoms with van der Waals surface area (Å²) >= 11 is 0. The van der Waals surface area contributed by atoms with Gasteiger partial charge >= 0.3 is 5.97 Å². The van der Waals surface area contributed by atoms with Crippen LogP contribution in [0.15, 0.2) is 12.4 Å². The van der Waals surface area contributed by atoms with Gasteiger partial charge in [0.1, 0.15) is 11.2 Å². The summed E-state index contributed by atoms with van der Waals surface area (Å²) in [6.45, 7) is 1.78. The largest absolute Gasteiger partial charge is 0.480 e. The van der Waals surface area contributed by atoms with Crippen molar-refractivity contribution in [3.63, 3.8) is 0 Å². The first kappa shape index (κ1) is 14.4. The normalized spacial score (nSPS) is 18.1. The number of rotatable bonds is 3. The second-order valence-corrected chi connectivity index (χ2v) is 5.30. The first-order valence-electron chi connectivity index (χ1n) is 6.88. The molecule has 6 heteroatoms. The van der Waals surface area contributed by atoms with E-state index >= 15 is 0 Å². The van der Waals surface area contributed by atoms with E-state index in [0.29, 0.717) is 18.5 Å². The molecule has 1 amide bonds. The van der Waals surface area contributed by atoms with Gasteiger partial charge in [-0.1, -0.05) is 25.7 Å². The molecule has 1 fully saturated rings. The van der Waals surface area contributed by atoms with Gasteiger partial charge in [-0.05, 0) is 19.8 Å². The summed E-state index contributed by atoms with van der Waals surface area (Å²) in [7, 11) is 0. The Morgan fingerprint density at radius 1 is 1.15 bits per heavy atom. The number of hydrogen-bond acceptors (Lipinski definition) is 4. The standard InChI is InChI=1S/C14H19N3O3/c1-10-8-16-11(9-15-10)12(18)17-14(13(19)20)6-4-2-3-5-7-14/h8-9H,2-7H2,1H3,(H,17,18)(H,19,20). The van der Waals surface area contributed by atoms with Gasteiger partial charge in [0.15, 0.2) is 0 Å². The monoisotopic (exact) mass is 277 g/mol. The molecule has 6 nitrogen and oxygen atoms in total. The van der Waals surface area contributed by atoms with Crippen molar-refractivity contribution in [2.45, 2.75) is 51.0 Å². The molecule has 1 aliphatic rings. The van der Waals surface area contributed by atoms with Gasteiger partial charge in [0.2, 0.25) is 0 Å². The summed E-state index contributed by atoms with van der Waals surface area (Å²) in [6, 6.07) is 0. The Balaban J connectivity index is 2.17. The van der Waals surface area contributed by atoms with E-state index in [-0.39, 0.29) is 5.69 Å². The van der Waals surface area contributed by atoms with Gasteiger partial charge in [0.05, 0.1) is 11.9 Å². The number of carboxylic acid groups (broad SMARTS) is 1. The van der Waals surface area contributed by atoms with Crippen LogP contribution < -0.4 is 5.32 Å². The van der Waals surface area contributed by atoms with Crippen molar-refractivity contribution in [3.8, 4) is 0 Å². The molecular weight excluding hydrogens is 258 g/mol. The number of nitrogens with one attached hydrogen (secondary N) is 1. The van der Waals surface area contributed by atoms with Gasteiger partial charge in [-0.3, -0.25) is 9.78 Å². The van der Waals surface area contributed by atoms with Crippen LogP contribution in [0.2, 0.25) is 0 Å². The minimum Gasteiger partial charge on any atom is -0.480 e. The van der Waals surface area contributed by atoms with E-state index in [4.69, 9.17) is 0 Å². The van der Waals surface area contributed by atoms with Crippen LogP contribution in [0, 0.1) is 6.92 Å². The number of carbonyl (C=O) groups is 2. The van der Waals surface area contributed by atoms with Crippen LogP contribution in [0.3, 0.4) is 0 Å². The molecule has 0 aromatic carbocycles. The van der Waals surface area contributed by atoms with Crippen molar-refractivity contribution < 1.29 is 14.7 Å². The van der Waals surface area contributed by atoms with Crippen molar-refractivity contribution in [2.24, 2.45) is 0 Å². The van der Waals surface area contributed by atoms with Crippen LogP contribution in [0.25, 0.3) is 0 Å². The Labute approximate surface area is 117 Å². The summed E-state index contributed by atoms with van der Waals surface area (Å²) in [6.07, 6.45) is 7.44. The highest BCUT2D eigenvalue weighted by Crippen LogP contribution is 2.27. The maximum atomic E-state index is 12.2. The van der Waals surface area contributed by atoms with Gasteiger partial charge in [0, 0.05) is 6.20 Å². The Kier molecular flexibility index (Phi) is 4.32. The molecule has 2 rings (SSSR count). The van der Waals surface area contributed by atoms with E-state index in [2.05, 4.69) is 15.3 Å². The molecule has 0 saturated heterocycles. The van der Waals surface area contributed by atoms with Crippen LogP contribution in [-0.2, 0) is 4.79 Å². The third-order valence-electron chi connectivity index (χ3n) is 3.73. The number of aromatic nitrogens is 2. The lowest BCUT2D eigenvalue weighted by Gasteiger charge is -2.29. The van der Waals surface area contributed by atoms with Gasteiger partial charge < -0.3 is 10.4 Å². The molecule has 0 bridgehead atoms. The summed E-state index contributed by atoms with van der Waals surface area (Å²) in [5.74, 6) is -1.44. The lowest BCUT2D eigenvalue weighted by Crippen LogP contribution is -2.54. The number of carboxylic acids is 1. The van der Waals surface area contributed by atoms with Crippen molar-refractivity contribution >= 4 is 11.9 Å². The minimum atomic E-state index is -1.17.